The molecule has 0 radical (unpaired) electrons. The Hall–Kier alpha value is -1.24. The van der Waals surface area contributed by atoms with E-state index in [1.807, 2.05) is 0 Å². The quantitative estimate of drug-likeness (QED) is 0.854. The first kappa shape index (κ1) is 16.1. The van der Waals surface area contributed by atoms with Crippen molar-refractivity contribution in [3.05, 3.63) is 29.3 Å². The Labute approximate surface area is 124 Å². The second-order valence-corrected chi connectivity index (χ2v) is 5.42. The molecule has 1 aromatic rings. The van der Waals surface area contributed by atoms with Crippen molar-refractivity contribution in [1.82, 2.24) is 9.80 Å². The maximum Gasteiger partial charge on any atom is 0.190 e. The number of piperazine rings is 1. The van der Waals surface area contributed by atoms with E-state index in [-0.39, 0.29) is 12.4 Å². The molecule has 1 aromatic carbocycles. The fourth-order valence-electron chi connectivity index (χ4n) is 2.41. The van der Waals surface area contributed by atoms with Crippen LogP contribution in [0.5, 0.6) is 5.75 Å². The third-order valence-corrected chi connectivity index (χ3v) is 3.74. The monoisotopic (exact) mass is 299 g/mol. The van der Waals surface area contributed by atoms with Crippen LogP contribution < -0.4 is 10.5 Å². The number of nitrogens with two attached hydrogens (primary N) is 1. The van der Waals surface area contributed by atoms with Crippen molar-refractivity contribution in [2.75, 3.05) is 52.9 Å². The summed E-state index contributed by atoms with van der Waals surface area (Å²) in [5.74, 6) is -1.60. The van der Waals surface area contributed by atoms with Gasteiger partial charge in [0.15, 0.2) is 17.4 Å². The topological polar surface area (TPSA) is 41.7 Å². The molecule has 0 aromatic heterocycles. The van der Waals surface area contributed by atoms with Crippen LogP contribution in [-0.4, -0.2) is 62.7 Å². The summed E-state index contributed by atoms with van der Waals surface area (Å²) in [7, 11) is 2.08. The number of benzene rings is 1. The van der Waals surface area contributed by atoms with Crippen molar-refractivity contribution < 1.29 is 13.5 Å². The molecule has 1 saturated heterocycles. The van der Waals surface area contributed by atoms with Gasteiger partial charge < -0.3 is 15.4 Å². The van der Waals surface area contributed by atoms with Crippen molar-refractivity contribution in [2.45, 2.75) is 6.42 Å². The maximum atomic E-state index is 13.8. The average molecular weight is 299 g/mol. The van der Waals surface area contributed by atoms with Crippen LogP contribution in [0.25, 0.3) is 0 Å². The van der Waals surface area contributed by atoms with E-state index in [1.54, 1.807) is 0 Å². The summed E-state index contributed by atoms with van der Waals surface area (Å²) in [6, 6.07) is 2.59. The van der Waals surface area contributed by atoms with E-state index in [1.165, 1.54) is 12.1 Å². The molecule has 21 heavy (non-hydrogen) atoms. The molecule has 4 nitrogen and oxygen atoms in total. The predicted octanol–water partition coefficient (Wildman–Crippen LogP) is 1.09. The summed E-state index contributed by atoms with van der Waals surface area (Å²) in [5, 5.41) is 0. The number of hydrogen-bond acceptors (Lipinski definition) is 4. The molecule has 1 aliphatic rings. The van der Waals surface area contributed by atoms with Crippen LogP contribution in [0.4, 0.5) is 8.78 Å². The fourth-order valence-corrected chi connectivity index (χ4v) is 2.41. The summed E-state index contributed by atoms with van der Waals surface area (Å²) in [6.07, 6.45) is 0.454. The number of halogens is 2. The number of rotatable bonds is 6. The van der Waals surface area contributed by atoms with Crippen molar-refractivity contribution in [3.63, 3.8) is 0 Å². The van der Waals surface area contributed by atoms with E-state index in [0.29, 0.717) is 25.1 Å². The standard InChI is InChI=1S/C15H23F2N3O/c1-19-4-6-20(7-5-19)8-9-21-15-13(16)10-12(2-3-18)11-14(15)17/h10-11H,2-9,18H2,1H3. The van der Waals surface area contributed by atoms with E-state index in [2.05, 4.69) is 16.8 Å². The highest BCUT2D eigenvalue weighted by atomic mass is 19.1. The Kier molecular flexibility index (Phi) is 5.90. The molecule has 0 aliphatic carbocycles. The molecule has 0 spiro atoms. The van der Waals surface area contributed by atoms with Crippen LogP contribution in [-0.2, 0) is 6.42 Å². The SMILES string of the molecule is CN1CCN(CCOc2c(F)cc(CCN)cc2F)CC1. The molecule has 0 atom stereocenters. The summed E-state index contributed by atoms with van der Waals surface area (Å²) < 4.78 is 32.9. The van der Waals surface area contributed by atoms with E-state index < -0.39 is 11.6 Å². The smallest absolute Gasteiger partial charge is 0.190 e. The highest BCUT2D eigenvalue weighted by molar-refractivity contribution is 5.31. The number of hydrogen-bond donors (Lipinski definition) is 1. The van der Waals surface area contributed by atoms with Gasteiger partial charge in [-0.1, -0.05) is 0 Å². The predicted molar refractivity (Wildman–Crippen MR) is 78.5 cm³/mol. The molecule has 2 N–H and O–H groups in total. The summed E-state index contributed by atoms with van der Waals surface area (Å²) in [6.45, 7) is 5.26. The van der Waals surface area contributed by atoms with Gasteiger partial charge in [0.05, 0.1) is 0 Å². The minimum atomic E-state index is -0.656. The molecule has 118 valence electrons. The molecule has 0 saturated carbocycles. The second kappa shape index (κ2) is 7.68. The number of likely N-dealkylation sites (N-methyl/N-ethyl adjacent to an activating group) is 1. The molecule has 0 bridgehead atoms. The third-order valence-electron chi connectivity index (χ3n) is 3.74. The Morgan fingerprint density at radius 2 is 1.76 bits per heavy atom. The van der Waals surface area contributed by atoms with Crippen LogP contribution >= 0.6 is 0 Å². The third kappa shape index (κ3) is 4.62. The van der Waals surface area contributed by atoms with E-state index in [0.717, 1.165) is 26.2 Å². The van der Waals surface area contributed by atoms with Crippen LogP contribution in [0, 0.1) is 11.6 Å². The lowest BCUT2D eigenvalue weighted by molar-refractivity contribution is 0.131. The highest BCUT2D eigenvalue weighted by Gasteiger charge is 2.15. The van der Waals surface area contributed by atoms with Crippen LogP contribution in [0.3, 0.4) is 0 Å². The van der Waals surface area contributed by atoms with Gasteiger partial charge in [-0.3, -0.25) is 4.90 Å². The molecule has 2 rings (SSSR count). The van der Waals surface area contributed by atoms with Crippen molar-refractivity contribution in [2.24, 2.45) is 5.73 Å². The van der Waals surface area contributed by atoms with Gasteiger partial charge in [-0.15, -0.1) is 0 Å². The van der Waals surface area contributed by atoms with Crippen LogP contribution in [0.2, 0.25) is 0 Å². The van der Waals surface area contributed by atoms with Crippen LogP contribution in [0.1, 0.15) is 5.56 Å². The minimum absolute atomic E-state index is 0.286. The molecule has 0 unspecified atom stereocenters. The highest BCUT2D eigenvalue weighted by Crippen LogP contribution is 2.23. The van der Waals surface area contributed by atoms with Gasteiger partial charge >= 0.3 is 0 Å². The molecule has 1 aliphatic heterocycles. The van der Waals surface area contributed by atoms with Gasteiger partial charge in [0.25, 0.3) is 0 Å². The first-order valence-electron chi connectivity index (χ1n) is 7.32. The van der Waals surface area contributed by atoms with Crippen LogP contribution in [0.15, 0.2) is 12.1 Å². The normalized spacial score (nSPS) is 17.1. The van der Waals surface area contributed by atoms with Crippen molar-refractivity contribution in [3.8, 4) is 5.75 Å². The van der Waals surface area contributed by atoms with E-state index in [4.69, 9.17) is 10.5 Å². The average Bonchev–Trinajstić information content (AvgIpc) is 2.44. The zero-order valence-electron chi connectivity index (χ0n) is 12.4. The molecular formula is C15H23F2N3O. The fraction of sp³-hybridized carbons (Fsp3) is 0.600. The van der Waals surface area contributed by atoms with Gasteiger partial charge in [-0.05, 0) is 37.7 Å². The Morgan fingerprint density at radius 3 is 2.33 bits per heavy atom. The number of ether oxygens (including phenoxy) is 1. The Bertz CT molecular complexity index is 439. The zero-order chi connectivity index (χ0) is 15.2. The van der Waals surface area contributed by atoms with Crippen molar-refractivity contribution in [1.29, 1.82) is 0 Å². The van der Waals surface area contributed by atoms with Gasteiger partial charge in [0.2, 0.25) is 0 Å². The lowest BCUT2D eigenvalue weighted by Crippen LogP contribution is -2.45. The van der Waals surface area contributed by atoms with Gasteiger partial charge in [-0.2, -0.15) is 0 Å². The van der Waals surface area contributed by atoms with Gasteiger partial charge in [0.1, 0.15) is 6.61 Å². The minimum Gasteiger partial charge on any atom is -0.486 e. The zero-order valence-corrected chi connectivity index (χ0v) is 12.4. The molecule has 6 heteroatoms. The summed E-state index contributed by atoms with van der Waals surface area (Å²) >= 11 is 0. The largest absolute Gasteiger partial charge is 0.486 e. The Balaban J connectivity index is 1.85. The lowest BCUT2D eigenvalue weighted by Gasteiger charge is -2.32. The lowest BCUT2D eigenvalue weighted by atomic mass is 10.1. The maximum absolute atomic E-state index is 13.8. The van der Waals surface area contributed by atoms with Gasteiger partial charge in [0, 0.05) is 32.7 Å². The van der Waals surface area contributed by atoms with Crippen molar-refractivity contribution >= 4 is 0 Å². The Morgan fingerprint density at radius 1 is 1.14 bits per heavy atom. The molecular weight excluding hydrogens is 276 g/mol. The molecule has 0 amide bonds. The van der Waals surface area contributed by atoms with Gasteiger partial charge in [-0.25, -0.2) is 8.78 Å². The second-order valence-electron chi connectivity index (χ2n) is 5.42. The summed E-state index contributed by atoms with van der Waals surface area (Å²) in [5.41, 5.74) is 5.94. The number of nitrogens with zero attached hydrogens (tertiary/aromatic N) is 2. The summed E-state index contributed by atoms with van der Waals surface area (Å²) in [4.78, 5) is 4.49. The molecule has 1 fully saturated rings. The first-order chi connectivity index (χ1) is 10.1. The molecule has 1 heterocycles. The van der Waals surface area contributed by atoms with E-state index in [9.17, 15) is 8.78 Å². The first-order valence-corrected chi connectivity index (χ1v) is 7.32. The van der Waals surface area contributed by atoms with E-state index >= 15 is 0 Å².